The first-order valence-electron chi connectivity index (χ1n) is 9.78. The SMILES string of the molecule is CCC(CC)C(=O)N1CC[C@H]2CC(=O)Nc3cccnc3OCC[C@H]2C1. The van der Waals surface area contributed by atoms with Crippen LogP contribution in [0.4, 0.5) is 5.69 Å². The molecule has 1 fully saturated rings. The van der Waals surface area contributed by atoms with Gasteiger partial charge in [-0.1, -0.05) is 13.8 Å². The number of pyridine rings is 1. The van der Waals surface area contributed by atoms with Crippen LogP contribution >= 0.6 is 0 Å². The molecule has 2 aliphatic rings. The number of anilines is 1. The Labute approximate surface area is 155 Å². The molecule has 6 heteroatoms. The van der Waals surface area contributed by atoms with Gasteiger partial charge < -0.3 is 15.0 Å². The van der Waals surface area contributed by atoms with E-state index in [1.54, 1.807) is 12.3 Å². The zero-order valence-corrected chi connectivity index (χ0v) is 15.7. The van der Waals surface area contributed by atoms with Crippen molar-refractivity contribution in [3.05, 3.63) is 18.3 Å². The van der Waals surface area contributed by atoms with Crippen molar-refractivity contribution < 1.29 is 14.3 Å². The van der Waals surface area contributed by atoms with E-state index in [0.29, 0.717) is 30.5 Å². The van der Waals surface area contributed by atoms with Crippen LogP contribution in [0.25, 0.3) is 0 Å². The van der Waals surface area contributed by atoms with Crippen molar-refractivity contribution in [1.82, 2.24) is 9.88 Å². The summed E-state index contributed by atoms with van der Waals surface area (Å²) >= 11 is 0. The van der Waals surface area contributed by atoms with E-state index >= 15 is 0 Å². The van der Waals surface area contributed by atoms with Crippen LogP contribution in [0.5, 0.6) is 5.88 Å². The van der Waals surface area contributed by atoms with Gasteiger partial charge in [0.1, 0.15) is 5.69 Å². The summed E-state index contributed by atoms with van der Waals surface area (Å²) in [6.07, 6.45) is 5.63. The van der Waals surface area contributed by atoms with Crippen LogP contribution in [-0.4, -0.2) is 41.4 Å². The number of ether oxygens (including phenoxy) is 1. The lowest BCUT2D eigenvalue weighted by molar-refractivity contribution is -0.138. The maximum absolute atomic E-state index is 12.7. The molecule has 1 aromatic heterocycles. The Balaban J connectivity index is 1.71. The molecule has 0 spiro atoms. The Hall–Kier alpha value is -2.11. The fraction of sp³-hybridized carbons (Fsp3) is 0.650. The van der Waals surface area contributed by atoms with E-state index < -0.39 is 0 Å². The van der Waals surface area contributed by atoms with E-state index in [1.165, 1.54) is 0 Å². The third-order valence-electron chi connectivity index (χ3n) is 5.76. The molecule has 6 nitrogen and oxygen atoms in total. The number of aromatic nitrogens is 1. The van der Waals surface area contributed by atoms with Gasteiger partial charge in [0.2, 0.25) is 17.7 Å². The maximum Gasteiger partial charge on any atom is 0.237 e. The number of nitrogens with zero attached hydrogens (tertiary/aromatic N) is 2. The topological polar surface area (TPSA) is 71.5 Å². The summed E-state index contributed by atoms with van der Waals surface area (Å²) in [7, 11) is 0. The predicted octanol–water partition coefficient (Wildman–Crippen LogP) is 3.09. The van der Waals surface area contributed by atoms with Crippen LogP contribution in [-0.2, 0) is 9.59 Å². The molecule has 26 heavy (non-hydrogen) atoms. The van der Waals surface area contributed by atoms with E-state index in [0.717, 1.165) is 38.8 Å². The number of carbonyl (C=O) groups excluding carboxylic acids is 2. The van der Waals surface area contributed by atoms with Crippen molar-refractivity contribution in [3.63, 3.8) is 0 Å². The zero-order valence-electron chi connectivity index (χ0n) is 15.7. The number of nitrogens with one attached hydrogen (secondary N) is 1. The minimum absolute atomic E-state index is 0.000445. The second kappa shape index (κ2) is 8.52. The zero-order chi connectivity index (χ0) is 18.5. The minimum atomic E-state index is -0.000445. The maximum atomic E-state index is 12.7. The molecule has 3 heterocycles. The lowest BCUT2D eigenvalue weighted by Crippen LogP contribution is -2.47. The summed E-state index contributed by atoms with van der Waals surface area (Å²) < 4.78 is 5.82. The van der Waals surface area contributed by atoms with E-state index in [4.69, 9.17) is 4.74 Å². The Morgan fingerprint density at radius 1 is 1.35 bits per heavy atom. The summed E-state index contributed by atoms with van der Waals surface area (Å²) in [5.41, 5.74) is 0.636. The Bertz CT molecular complexity index is 645. The van der Waals surface area contributed by atoms with Gasteiger partial charge in [-0.3, -0.25) is 9.59 Å². The van der Waals surface area contributed by atoms with Gasteiger partial charge >= 0.3 is 0 Å². The van der Waals surface area contributed by atoms with Gasteiger partial charge in [-0.05, 0) is 49.7 Å². The smallest absolute Gasteiger partial charge is 0.237 e. The molecule has 0 bridgehead atoms. The highest BCUT2D eigenvalue weighted by atomic mass is 16.5. The second-order valence-electron chi connectivity index (χ2n) is 7.35. The number of hydrogen-bond acceptors (Lipinski definition) is 4. The largest absolute Gasteiger partial charge is 0.476 e. The molecular weight excluding hydrogens is 330 g/mol. The number of rotatable bonds is 3. The normalized spacial score (nSPS) is 23.5. The van der Waals surface area contributed by atoms with Crippen LogP contribution in [0.2, 0.25) is 0 Å². The van der Waals surface area contributed by atoms with Crippen LogP contribution in [0.15, 0.2) is 18.3 Å². The van der Waals surface area contributed by atoms with Gasteiger partial charge in [-0.2, -0.15) is 0 Å². The van der Waals surface area contributed by atoms with E-state index in [9.17, 15) is 9.59 Å². The van der Waals surface area contributed by atoms with Crippen LogP contribution in [0.3, 0.4) is 0 Å². The van der Waals surface area contributed by atoms with Crippen molar-refractivity contribution in [2.24, 2.45) is 17.8 Å². The monoisotopic (exact) mass is 359 g/mol. The first kappa shape index (κ1) is 18.7. The summed E-state index contributed by atoms with van der Waals surface area (Å²) in [4.78, 5) is 31.4. The number of carbonyl (C=O) groups is 2. The quantitative estimate of drug-likeness (QED) is 0.900. The molecule has 0 radical (unpaired) electrons. The summed E-state index contributed by atoms with van der Waals surface area (Å²) in [5.74, 6) is 1.44. The highest BCUT2D eigenvalue weighted by Crippen LogP contribution is 2.33. The van der Waals surface area contributed by atoms with Gasteiger partial charge in [-0.25, -0.2) is 4.98 Å². The Morgan fingerprint density at radius 3 is 2.92 bits per heavy atom. The summed E-state index contributed by atoms with van der Waals surface area (Å²) in [5, 5.41) is 2.93. The van der Waals surface area contributed by atoms with Gasteiger partial charge in [0, 0.05) is 31.6 Å². The molecule has 0 saturated carbocycles. The second-order valence-corrected chi connectivity index (χ2v) is 7.35. The minimum Gasteiger partial charge on any atom is -0.476 e. The van der Waals surface area contributed by atoms with E-state index in [1.807, 2.05) is 11.0 Å². The molecule has 0 unspecified atom stereocenters. The Kier molecular flexibility index (Phi) is 6.12. The van der Waals surface area contributed by atoms with Crippen molar-refractivity contribution >= 4 is 17.5 Å². The lowest BCUT2D eigenvalue weighted by atomic mass is 9.80. The van der Waals surface area contributed by atoms with Crippen molar-refractivity contribution in [2.45, 2.75) is 46.0 Å². The van der Waals surface area contributed by atoms with Crippen LogP contribution in [0, 0.1) is 17.8 Å². The molecule has 1 N–H and O–H groups in total. The molecule has 2 amide bonds. The molecule has 1 aromatic rings. The first-order chi connectivity index (χ1) is 12.6. The molecule has 3 rings (SSSR count). The van der Waals surface area contributed by atoms with Gasteiger partial charge in [0.15, 0.2) is 0 Å². The average molecular weight is 359 g/mol. The highest BCUT2D eigenvalue weighted by Gasteiger charge is 2.34. The molecule has 2 aliphatic heterocycles. The molecule has 1 saturated heterocycles. The lowest BCUT2D eigenvalue weighted by Gasteiger charge is -2.40. The predicted molar refractivity (Wildman–Crippen MR) is 99.8 cm³/mol. The molecule has 0 aromatic carbocycles. The molecular formula is C20H29N3O3. The van der Waals surface area contributed by atoms with Gasteiger partial charge in [0.05, 0.1) is 6.61 Å². The third kappa shape index (κ3) is 4.17. The average Bonchev–Trinajstić information content (AvgIpc) is 2.65. The number of likely N-dealkylation sites (tertiary alicyclic amines) is 1. The summed E-state index contributed by atoms with van der Waals surface area (Å²) in [6.45, 7) is 6.18. The van der Waals surface area contributed by atoms with E-state index in [2.05, 4.69) is 24.1 Å². The molecule has 2 atom stereocenters. The van der Waals surface area contributed by atoms with Gasteiger partial charge in [-0.15, -0.1) is 0 Å². The Morgan fingerprint density at radius 2 is 2.15 bits per heavy atom. The van der Waals surface area contributed by atoms with Crippen molar-refractivity contribution in [3.8, 4) is 5.88 Å². The van der Waals surface area contributed by atoms with Crippen molar-refractivity contribution in [1.29, 1.82) is 0 Å². The molecule has 0 aliphatic carbocycles. The summed E-state index contributed by atoms with van der Waals surface area (Å²) in [6, 6.07) is 3.61. The van der Waals surface area contributed by atoms with Crippen LogP contribution in [0.1, 0.15) is 46.0 Å². The van der Waals surface area contributed by atoms with Gasteiger partial charge in [0.25, 0.3) is 0 Å². The van der Waals surface area contributed by atoms with Crippen LogP contribution < -0.4 is 10.1 Å². The number of fused-ring (bicyclic) bond motifs is 2. The van der Waals surface area contributed by atoms with Crippen molar-refractivity contribution in [2.75, 3.05) is 25.0 Å². The first-order valence-corrected chi connectivity index (χ1v) is 9.78. The fourth-order valence-corrected chi connectivity index (χ4v) is 4.12. The fourth-order valence-electron chi connectivity index (χ4n) is 4.12. The standard InChI is InChI=1S/C20H29N3O3/c1-3-14(4-2)20(25)23-10-7-15-12-18(24)22-17-6-5-9-21-19(17)26-11-8-16(15)13-23/h5-6,9,14-16H,3-4,7-8,10-13H2,1-2H3,(H,22,24)/t15-,16-/m0/s1. The third-order valence-corrected chi connectivity index (χ3v) is 5.76. The molecule has 142 valence electrons. The highest BCUT2D eigenvalue weighted by molar-refractivity contribution is 5.92. The number of amides is 2. The van der Waals surface area contributed by atoms with E-state index in [-0.39, 0.29) is 23.7 Å². The number of piperidine rings is 1. The number of hydrogen-bond donors (Lipinski definition) is 1.